The number of hydrogen-bond donors (Lipinski definition) is 2. The zero-order valence-corrected chi connectivity index (χ0v) is 13.9. The topological polar surface area (TPSA) is 84.5 Å². The smallest absolute Gasteiger partial charge is 0.342 e. The Labute approximate surface area is 133 Å². The van der Waals surface area contributed by atoms with Crippen molar-refractivity contribution in [2.75, 3.05) is 5.32 Å². The molecule has 0 spiro atoms. The summed E-state index contributed by atoms with van der Waals surface area (Å²) in [6, 6.07) is 0.216. The van der Waals surface area contributed by atoms with Gasteiger partial charge in [0.05, 0.1) is 5.56 Å². The number of anilines is 1. The van der Waals surface area contributed by atoms with Crippen LogP contribution in [0.4, 0.5) is 5.00 Å². The van der Waals surface area contributed by atoms with Crippen LogP contribution in [0, 0.1) is 13.8 Å². The van der Waals surface area contributed by atoms with E-state index < -0.39 is 12.1 Å². The molecule has 7 heteroatoms. The molecular weight excluding hydrogens is 304 g/mol. The van der Waals surface area contributed by atoms with Crippen molar-refractivity contribution >= 4 is 34.1 Å². The van der Waals surface area contributed by atoms with Crippen LogP contribution in [0.3, 0.4) is 0 Å². The van der Waals surface area contributed by atoms with Crippen molar-refractivity contribution in [3.05, 3.63) is 16.0 Å². The molecule has 0 aromatic carbocycles. The fraction of sp³-hybridized carbons (Fsp3) is 0.533. The Bertz CT molecular complexity index is 619. The second-order valence-corrected chi connectivity index (χ2v) is 6.72. The molecule has 2 amide bonds. The van der Waals surface area contributed by atoms with E-state index in [9.17, 15) is 14.4 Å². The zero-order chi connectivity index (χ0) is 16.4. The van der Waals surface area contributed by atoms with Crippen LogP contribution in [0.5, 0.6) is 0 Å². The summed E-state index contributed by atoms with van der Waals surface area (Å²) in [5, 5.41) is 5.89. The molecule has 1 saturated carbocycles. The summed E-state index contributed by atoms with van der Waals surface area (Å²) in [6.45, 7) is 6.58. The van der Waals surface area contributed by atoms with Crippen molar-refractivity contribution < 1.29 is 19.1 Å². The minimum absolute atomic E-state index is 0.216. The summed E-state index contributed by atoms with van der Waals surface area (Å²) >= 11 is 1.32. The molecule has 0 bridgehead atoms. The fourth-order valence-corrected chi connectivity index (χ4v) is 3.03. The fourth-order valence-electron chi connectivity index (χ4n) is 1.94. The molecule has 6 nitrogen and oxygen atoms in total. The minimum Gasteiger partial charge on any atom is -0.449 e. The Morgan fingerprint density at radius 3 is 2.45 bits per heavy atom. The number of hydrogen-bond acceptors (Lipinski definition) is 5. The molecule has 1 aromatic heterocycles. The van der Waals surface area contributed by atoms with Gasteiger partial charge in [0.2, 0.25) is 5.91 Å². The van der Waals surface area contributed by atoms with Gasteiger partial charge < -0.3 is 15.4 Å². The van der Waals surface area contributed by atoms with Crippen molar-refractivity contribution in [2.45, 2.75) is 52.7 Å². The van der Waals surface area contributed by atoms with E-state index in [-0.39, 0.29) is 17.9 Å². The van der Waals surface area contributed by atoms with Crippen LogP contribution in [-0.4, -0.2) is 29.9 Å². The van der Waals surface area contributed by atoms with Crippen LogP contribution < -0.4 is 10.6 Å². The number of esters is 1. The van der Waals surface area contributed by atoms with Crippen LogP contribution in [0.2, 0.25) is 0 Å². The van der Waals surface area contributed by atoms with Gasteiger partial charge in [-0.1, -0.05) is 0 Å². The van der Waals surface area contributed by atoms with Crippen LogP contribution in [0.15, 0.2) is 0 Å². The Hall–Kier alpha value is -1.89. The molecule has 0 aliphatic heterocycles. The quantitative estimate of drug-likeness (QED) is 0.813. The molecule has 2 N–H and O–H groups in total. The summed E-state index contributed by atoms with van der Waals surface area (Å²) in [5.74, 6) is -1.14. The highest BCUT2D eigenvalue weighted by atomic mass is 32.1. The van der Waals surface area contributed by atoms with Gasteiger partial charge in [0.15, 0.2) is 6.10 Å². The van der Waals surface area contributed by atoms with Gasteiger partial charge in [-0.25, -0.2) is 4.79 Å². The number of carbonyl (C=O) groups excluding carboxylic acids is 3. The van der Waals surface area contributed by atoms with E-state index in [0.717, 1.165) is 23.3 Å². The molecule has 2 rings (SSSR count). The van der Waals surface area contributed by atoms with Gasteiger partial charge >= 0.3 is 5.97 Å². The number of ether oxygens (including phenoxy) is 1. The minimum atomic E-state index is -0.863. The van der Waals surface area contributed by atoms with E-state index in [1.54, 1.807) is 13.8 Å². The maximum Gasteiger partial charge on any atom is 0.342 e. The van der Waals surface area contributed by atoms with Crippen LogP contribution in [-0.2, 0) is 14.3 Å². The zero-order valence-electron chi connectivity index (χ0n) is 13.1. The van der Waals surface area contributed by atoms with Gasteiger partial charge in [-0.2, -0.15) is 0 Å². The molecule has 0 radical (unpaired) electrons. The first-order chi connectivity index (χ1) is 10.3. The Kier molecular flexibility index (Phi) is 4.85. The van der Waals surface area contributed by atoms with Gasteiger partial charge in [0.1, 0.15) is 5.00 Å². The number of rotatable bonds is 5. The SMILES string of the molecule is CC(=O)Nc1sc(C)c(C)c1C(=O)O[C@H](C)C(=O)NC1CC1. The van der Waals surface area contributed by atoms with Crippen molar-refractivity contribution in [3.63, 3.8) is 0 Å². The lowest BCUT2D eigenvalue weighted by atomic mass is 10.1. The number of amides is 2. The number of aryl methyl sites for hydroxylation is 1. The summed E-state index contributed by atoms with van der Waals surface area (Å²) in [4.78, 5) is 36.4. The molecule has 22 heavy (non-hydrogen) atoms. The molecular formula is C15H20N2O4S. The Morgan fingerprint density at radius 2 is 1.91 bits per heavy atom. The van der Waals surface area contributed by atoms with Crippen molar-refractivity contribution in [1.29, 1.82) is 0 Å². The van der Waals surface area contributed by atoms with Gasteiger partial charge in [-0.3, -0.25) is 9.59 Å². The summed E-state index contributed by atoms with van der Waals surface area (Å²) < 4.78 is 5.25. The first kappa shape index (κ1) is 16.5. The Balaban J connectivity index is 2.10. The van der Waals surface area contributed by atoms with Crippen LogP contribution in [0.25, 0.3) is 0 Å². The third-order valence-electron chi connectivity index (χ3n) is 3.46. The highest BCUT2D eigenvalue weighted by Crippen LogP contribution is 2.33. The summed E-state index contributed by atoms with van der Waals surface area (Å²) in [5.41, 5.74) is 1.08. The lowest BCUT2D eigenvalue weighted by Gasteiger charge is -2.14. The van der Waals surface area contributed by atoms with E-state index in [1.165, 1.54) is 18.3 Å². The van der Waals surface area contributed by atoms with Crippen molar-refractivity contribution in [1.82, 2.24) is 5.32 Å². The van der Waals surface area contributed by atoms with E-state index in [1.807, 2.05) is 6.92 Å². The maximum absolute atomic E-state index is 12.4. The lowest BCUT2D eigenvalue weighted by Crippen LogP contribution is -2.37. The molecule has 1 aliphatic rings. The largest absolute Gasteiger partial charge is 0.449 e. The van der Waals surface area contributed by atoms with Gasteiger partial charge in [0.25, 0.3) is 5.91 Å². The molecule has 120 valence electrons. The summed E-state index contributed by atoms with van der Waals surface area (Å²) in [7, 11) is 0. The average molecular weight is 324 g/mol. The number of nitrogens with one attached hydrogen (secondary N) is 2. The van der Waals surface area contributed by atoms with Crippen molar-refractivity contribution in [3.8, 4) is 0 Å². The highest BCUT2D eigenvalue weighted by Gasteiger charge is 2.29. The lowest BCUT2D eigenvalue weighted by molar-refractivity contribution is -0.129. The van der Waals surface area contributed by atoms with Crippen LogP contribution in [0.1, 0.15) is 47.5 Å². The number of carbonyl (C=O) groups is 3. The molecule has 1 aliphatic carbocycles. The van der Waals surface area contributed by atoms with Gasteiger partial charge in [-0.15, -0.1) is 11.3 Å². The van der Waals surface area contributed by atoms with E-state index >= 15 is 0 Å². The third kappa shape index (κ3) is 3.85. The molecule has 0 unspecified atom stereocenters. The molecule has 0 saturated heterocycles. The first-order valence-corrected chi connectivity index (χ1v) is 8.00. The monoisotopic (exact) mass is 324 g/mol. The predicted molar refractivity (Wildman–Crippen MR) is 84.1 cm³/mol. The molecule has 1 aromatic rings. The molecule has 1 heterocycles. The second kappa shape index (κ2) is 6.48. The summed E-state index contributed by atoms with van der Waals surface area (Å²) in [6.07, 6.45) is 1.09. The van der Waals surface area contributed by atoms with Crippen LogP contribution >= 0.6 is 11.3 Å². The van der Waals surface area contributed by atoms with Gasteiger partial charge in [0, 0.05) is 17.8 Å². The molecule has 1 atom stereocenters. The van der Waals surface area contributed by atoms with E-state index in [4.69, 9.17) is 4.74 Å². The maximum atomic E-state index is 12.4. The third-order valence-corrected chi connectivity index (χ3v) is 4.58. The van der Waals surface area contributed by atoms with Gasteiger partial charge in [-0.05, 0) is 39.2 Å². The highest BCUT2D eigenvalue weighted by molar-refractivity contribution is 7.16. The Morgan fingerprint density at radius 1 is 1.27 bits per heavy atom. The van der Waals surface area contributed by atoms with Crippen molar-refractivity contribution in [2.24, 2.45) is 0 Å². The average Bonchev–Trinajstić information content (AvgIpc) is 3.16. The normalized spacial score (nSPS) is 15.1. The number of thiophene rings is 1. The second-order valence-electron chi connectivity index (χ2n) is 5.50. The predicted octanol–water partition coefficient (Wildman–Crippen LogP) is 2.15. The standard InChI is InChI=1S/C15H20N2O4S/c1-7-9(3)22-14(16-10(4)18)12(7)15(20)21-8(2)13(19)17-11-5-6-11/h8,11H,5-6H2,1-4H3,(H,16,18)(H,17,19)/t8-/m1/s1. The first-order valence-electron chi connectivity index (χ1n) is 7.18. The van der Waals surface area contributed by atoms with E-state index in [2.05, 4.69) is 10.6 Å². The molecule has 1 fully saturated rings. The van der Waals surface area contributed by atoms with E-state index in [0.29, 0.717) is 10.6 Å².